The van der Waals surface area contributed by atoms with Crippen molar-refractivity contribution in [2.75, 3.05) is 5.32 Å². The van der Waals surface area contributed by atoms with Gasteiger partial charge >= 0.3 is 0 Å². The predicted octanol–water partition coefficient (Wildman–Crippen LogP) is 3.64. The fraction of sp³-hybridized carbons (Fsp3) is 0.133. The highest BCUT2D eigenvalue weighted by atomic mass is 35.5. The average Bonchev–Trinajstić information content (AvgIpc) is 2.96. The molecule has 0 aliphatic rings. The van der Waals surface area contributed by atoms with Gasteiger partial charge in [0, 0.05) is 12.3 Å². The molecule has 0 bridgehead atoms. The third-order valence-electron chi connectivity index (χ3n) is 3.30. The van der Waals surface area contributed by atoms with E-state index in [4.69, 9.17) is 11.6 Å². The number of carbonyl (C=O) groups is 1. The van der Waals surface area contributed by atoms with Gasteiger partial charge < -0.3 is 10.3 Å². The lowest BCUT2D eigenvalue weighted by molar-refractivity contribution is -0.383. The maximum Gasteiger partial charge on any atom is 0.292 e. The first-order valence-corrected chi connectivity index (χ1v) is 8.42. The minimum atomic E-state index is -0.540. The Kier molecular flexibility index (Phi) is 4.86. The number of nitro groups is 1. The third-order valence-corrected chi connectivity index (χ3v) is 4.49. The number of H-pyrrole nitrogens is 1. The van der Waals surface area contributed by atoms with Gasteiger partial charge in [-0.1, -0.05) is 35.5 Å². The molecule has 0 radical (unpaired) electrons. The zero-order valence-corrected chi connectivity index (χ0v) is 14.5. The number of anilines is 1. The normalized spacial score (nSPS) is 12.1. The highest BCUT2D eigenvalue weighted by Gasteiger charge is 2.20. The molecule has 0 aliphatic heterocycles. The summed E-state index contributed by atoms with van der Waals surface area (Å²) in [4.78, 5) is 34.2. The number of benzene rings is 1. The minimum absolute atomic E-state index is 0.156. The van der Waals surface area contributed by atoms with Crippen LogP contribution in [0.4, 0.5) is 11.4 Å². The number of fused-ring (bicyclic) bond motifs is 1. The van der Waals surface area contributed by atoms with Crippen LogP contribution in [-0.4, -0.2) is 31.0 Å². The quantitative estimate of drug-likeness (QED) is 0.398. The molecule has 10 heteroatoms. The predicted molar refractivity (Wildman–Crippen MR) is 95.9 cm³/mol. The van der Waals surface area contributed by atoms with Gasteiger partial charge in [0.05, 0.1) is 20.7 Å². The zero-order valence-electron chi connectivity index (χ0n) is 12.9. The second-order valence-electron chi connectivity index (χ2n) is 5.09. The summed E-state index contributed by atoms with van der Waals surface area (Å²) in [7, 11) is 0. The van der Waals surface area contributed by atoms with Crippen molar-refractivity contribution in [1.29, 1.82) is 0 Å². The fourth-order valence-corrected chi connectivity index (χ4v) is 3.07. The van der Waals surface area contributed by atoms with Crippen molar-refractivity contribution in [2.24, 2.45) is 0 Å². The molecule has 128 valence electrons. The first kappa shape index (κ1) is 17.2. The number of nitro benzene ring substituents is 1. The average molecular weight is 378 g/mol. The topological polar surface area (TPSA) is 114 Å². The summed E-state index contributed by atoms with van der Waals surface area (Å²) in [6.45, 7) is 1.68. The lowest BCUT2D eigenvalue weighted by Crippen LogP contribution is -2.23. The number of aromatic amines is 1. The standard InChI is InChI=1S/C15H12ClN5O3S/c1-8(14(22)18-10-4-2-3-5-12(10)21(23)24)25-15-19-11-6-9(16)7-17-13(11)20-15/h2-8H,1H3,(H,18,22)(H,17,19,20)/t8-/m0/s1. The summed E-state index contributed by atoms with van der Waals surface area (Å²) in [6, 6.07) is 7.68. The Morgan fingerprint density at radius 2 is 2.20 bits per heavy atom. The lowest BCUT2D eigenvalue weighted by Gasteiger charge is -2.10. The molecule has 0 fully saturated rings. The molecule has 2 aromatic heterocycles. The highest BCUT2D eigenvalue weighted by Crippen LogP contribution is 2.27. The van der Waals surface area contributed by atoms with Crippen LogP contribution in [0.3, 0.4) is 0 Å². The van der Waals surface area contributed by atoms with Gasteiger partial charge in [0.2, 0.25) is 5.91 Å². The van der Waals surface area contributed by atoms with Gasteiger partial charge in [0.1, 0.15) is 5.69 Å². The molecular formula is C15H12ClN5O3S. The van der Waals surface area contributed by atoms with Crippen molar-refractivity contribution < 1.29 is 9.72 Å². The molecule has 2 N–H and O–H groups in total. The molecule has 0 saturated heterocycles. The van der Waals surface area contributed by atoms with Crippen LogP contribution < -0.4 is 5.32 Å². The molecule has 1 amide bonds. The Morgan fingerprint density at radius 3 is 2.96 bits per heavy atom. The van der Waals surface area contributed by atoms with E-state index in [-0.39, 0.29) is 17.3 Å². The summed E-state index contributed by atoms with van der Waals surface area (Å²) in [5.41, 5.74) is 1.16. The Balaban J connectivity index is 1.73. The van der Waals surface area contributed by atoms with Gasteiger partial charge in [0.15, 0.2) is 10.8 Å². The second-order valence-corrected chi connectivity index (χ2v) is 6.86. The summed E-state index contributed by atoms with van der Waals surface area (Å²) in [5.74, 6) is -0.370. The largest absolute Gasteiger partial charge is 0.331 e. The highest BCUT2D eigenvalue weighted by molar-refractivity contribution is 8.00. The molecule has 0 spiro atoms. The first-order chi connectivity index (χ1) is 11.9. The van der Waals surface area contributed by atoms with Crippen LogP contribution in [0.15, 0.2) is 41.7 Å². The van der Waals surface area contributed by atoms with Crippen LogP contribution in [0.1, 0.15) is 6.92 Å². The van der Waals surface area contributed by atoms with Crippen LogP contribution in [0.5, 0.6) is 0 Å². The lowest BCUT2D eigenvalue weighted by atomic mass is 10.2. The van der Waals surface area contributed by atoms with Gasteiger partial charge in [-0.15, -0.1) is 0 Å². The van der Waals surface area contributed by atoms with E-state index >= 15 is 0 Å². The SMILES string of the molecule is C[C@H](Sc1nc2ncc(Cl)cc2[nH]1)C(=O)Nc1ccccc1[N+](=O)[O-]. The summed E-state index contributed by atoms with van der Waals surface area (Å²) in [6.07, 6.45) is 1.49. The molecule has 0 aliphatic carbocycles. The molecule has 8 nitrogen and oxygen atoms in total. The molecular weight excluding hydrogens is 366 g/mol. The molecule has 3 rings (SSSR count). The number of aromatic nitrogens is 3. The van der Waals surface area contributed by atoms with Gasteiger partial charge in [0.25, 0.3) is 5.69 Å². The number of rotatable bonds is 5. The number of halogens is 1. The monoisotopic (exact) mass is 377 g/mol. The number of nitrogens with one attached hydrogen (secondary N) is 2. The number of amides is 1. The Hall–Kier alpha value is -2.65. The summed E-state index contributed by atoms with van der Waals surface area (Å²) in [5, 5.41) is 14.0. The van der Waals surface area contributed by atoms with Crippen LogP contribution in [-0.2, 0) is 4.79 Å². The van der Waals surface area contributed by atoms with Gasteiger partial charge in [-0.05, 0) is 19.1 Å². The Bertz CT molecular complexity index is 961. The summed E-state index contributed by atoms with van der Waals surface area (Å²) < 4.78 is 0. The van der Waals surface area contributed by atoms with Gasteiger partial charge in [-0.25, -0.2) is 9.97 Å². The number of hydrogen-bond donors (Lipinski definition) is 2. The van der Waals surface area contributed by atoms with E-state index in [2.05, 4.69) is 20.3 Å². The van der Waals surface area contributed by atoms with E-state index in [1.54, 1.807) is 25.1 Å². The second kappa shape index (κ2) is 7.08. The number of imidazole rings is 1. The molecule has 3 aromatic rings. The fourth-order valence-electron chi connectivity index (χ4n) is 2.10. The minimum Gasteiger partial charge on any atom is -0.331 e. The maximum absolute atomic E-state index is 12.3. The number of carbonyl (C=O) groups excluding carboxylic acids is 1. The van der Waals surface area contributed by atoms with Crippen molar-refractivity contribution in [3.8, 4) is 0 Å². The summed E-state index contributed by atoms with van der Waals surface area (Å²) >= 11 is 7.06. The van der Waals surface area contributed by atoms with Crippen molar-refractivity contribution in [1.82, 2.24) is 15.0 Å². The maximum atomic E-state index is 12.3. The van der Waals surface area contributed by atoms with E-state index < -0.39 is 10.2 Å². The molecule has 0 saturated carbocycles. The number of hydrogen-bond acceptors (Lipinski definition) is 6. The molecule has 25 heavy (non-hydrogen) atoms. The Labute approximate surface area is 151 Å². The van der Waals surface area contributed by atoms with E-state index in [0.717, 1.165) is 0 Å². The Morgan fingerprint density at radius 1 is 1.44 bits per heavy atom. The van der Waals surface area contributed by atoms with Crippen molar-refractivity contribution in [3.05, 3.63) is 51.7 Å². The molecule has 2 heterocycles. The first-order valence-electron chi connectivity index (χ1n) is 7.16. The zero-order chi connectivity index (χ0) is 18.0. The number of pyridine rings is 1. The number of para-hydroxylation sites is 2. The third kappa shape index (κ3) is 3.89. The van der Waals surface area contributed by atoms with E-state index in [1.165, 1.54) is 30.1 Å². The smallest absolute Gasteiger partial charge is 0.292 e. The van der Waals surface area contributed by atoms with Crippen LogP contribution in [0.2, 0.25) is 5.02 Å². The van der Waals surface area contributed by atoms with Crippen molar-refractivity contribution >= 4 is 51.8 Å². The van der Waals surface area contributed by atoms with Crippen molar-refractivity contribution in [2.45, 2.75) is 17.3 Å². The van der Waals surface area contributed by atoms with E-state index in [0.29, 0.717) is 21.3 Å². The van der Waals surface area contributed by atoms with Crippen LogP contribution in [0, 0.1) is 10.1 Å². The van der Waals surface area contributed by atoms with E-state index in [1.807, 2.05) is 0 Å². The molecule has 1 aromatic carbocycles. The van der Waals surface area contributed by atoms with Gasteiger partial charge in [-0.2, -0.15) is 0 Å². The van der Waals surface area contributed by atoms with Crippen LogP contribution >= 0.6 is 23.4 Å². The van der Waals surface area contributed by atoms with Crippen LogP contribution in [0.25, 0.3) is 11.2 Å². The molecule has 1 atom stereocenters. The van der Waals surface area contributed by atoms with E-state index in [9.17, 15) is 14.9 Å². The number of nitrogens with zero attached hydrogens (tertiary/aromatic N) is 3. The molecule has 0 unspecified atom stereocenters. The van der Waals surface area contributed by atoms with Gasteiger partial charge in [-0.3, -0.25) is 14.9 Å². The van der Waals surface area contributed by atoms with Crippen molar-refractivity contribution in [3.63, 3.8) is 0 Å². The number of thioether (sulfide) groups is 1.